The van der Waals surface area contributed by atoms with Gasteiger partial charge in [-0.1, -0.05) is 0 Å². The van der Waals surface area contributed by atoms with Crippen LogP contribution in [0.1, 0.15) is 24.8 Å². The Morgan fingerprint density at radius 3 is 2.67 bits per heavy atom. The fourth-order valence-corrected chi connectivity index (χ4v) is 2.85. The van der Waals surface area contributed by atoms with E-state index >= 15 is 0 Å². The zero-order valence-electron chi connectivity index (χ0n) is 11.2. The molecule has 0 N–H and O–H groups in total. The van der Waals surface area contributed by atoms with Crippen LogP contribution in [0.5, 0.6) is 0 Å². The van der Waals surface area contributed by atoms with Gasteiger partial charge in [-0.25, -0.2) is 4.79 Å². The number of nitro benzene ring substituents is 1. The van der Waals surface area contributed by atoms with Crippen molar-refractivity contribution in [2.75, 3.05) is 0 Å². The van der Waals surface area contributed by atoms with Crippen LogP contribution < -0.4 is 0 Å². The minimum absolute atomic E-state index is 0.00473. The van der Waals surface area contributed by atoms with Crippen molar-refractivity contribution in [1.29, 1.82) is 0 Å². The first-order valence-electron chi connectivity index (χ1n) is 6.77. The molecule has 21 heavy (non-hydrogen) atoms. The molecule has 7 nitrogen and oxygen atoms in total. The maximum absolute atomic E-state index is 12.0. The van der Waals surface area contributed by atoms with E-state index in [4.69, 9.17) is 4.74 Å². The van der Waals surface area contributed by atoms with Gasteiger partial charge >= 0.3 is 5.97 Å². The topological polar surface area (TPSA) is 89.7 Å². The van der Waals surface area contributed by atoms with E-state index in [1.54, 1.807) is 17.0 Å². The third-order valence-corrected chi connectivity index (χ3v) is 4.00. The van der Waals surface area contributed by atoms with E-state index in [0.717, 1.165) is 6.42 Å². The summed E-state index contributed by atoms with van der Waals surface area (Å²) in [5.74, 6) is -0.390. The Kier molecular flexibility index (Phi) is 3.32. The van der Waals surface area contributed by atoms with Crippen molar-refractivity contribution in [2.24, 2.45) is 0 Å². The molecule has 110 valence electrons. The average Bonchev–Trinajstić information content (AvgIpc) is 2.82. The third kappa shape index (κ3) is 2.46. The van der Waals surface area contributed by atoms with Crippen LogP contribution >= 0.6 is 0 Å². The Hall–Kier alpha value is -2.44. The molecule has 0 aromatic heterocycles. The van der Waals surface area contributed by atoms with E-state index in [1.165, 1.54) is 12.1 Å². The summed E-state index contributed by atoms with van der Waals surface area (Å²) in [5.41, 5.74) is 0.674. The second kappa shape index (κ2) is 5.16. The van der Waals surface area contributed by atoms with Crippen molar-refractivity contribution in [3.05, 3.63) is 39.9 Å². The number of rotatable bonds is 4. The normalized spacial score (nSPS) is 23.4. The minimum atomic E-state index is -0.482. The highest BCUT2D eigenvalue weighted by atomic mass is 16.6. The summed E-state index contributed by atoms with van der Waals surface area (Å²) in [6.07, 6.45) is 2.03. The molecule has 1 amide bonds. The Morgan fingerprint density at radius 1 is 1.33 bits per heavy atom. The SMILES string of the molecule is O=C(OCc1ccc([N+](=O)[O-])cc1)C1CC[C@@H]2CC(=O)N12. The number of β-lactam (4-membered cyclic amide) rings is 1. The highest BCUT2D eigenvalue weighted by Crippen LogP contribution is 2.35. The average molecular weight is 290 g/mol. The second-order valence-corrected chi connectivity index (χ2v) is 5.28. The zero-order chi connectivity index (χ0) is 15.0. The Balaban J connectivity index is 1.56. The lowest BCUT2D eigenvalue weighted by molar-refractivity contribution is -0.384. The molecular formula is C14H14N2O5. The quantitative estimate of drug-likeness (QED) is 0.362. The van der Waals surface area contributed by atoms with E-state index in [0.29, 0.717) is 18.4 Å². The van der Waals surface area contributed by atoms with Gasteiger partial charge in [-0.3, -0.25) is 14.9 Å². The number of esters is 1. The van der Waals surface area contributed by atoms with Crippen LogP contribution in [0, 0.1) is 10.1 Å². The lowest BCUT2D eigenvalue weighted by Gasteiger charge is -2.37. The monoisotopic (exact) mass is 290 g/mol. The summed E-state index contributed by atoms with van der Waals surface area (Å²) in [4.78, 5) is 35.1. The van der Waals surface area contributed by atoms with Gasteiger partial charge in [0.1, 0.15) is 12.6 Å². The maximum atomic E-state index is 12.0. The van der Waals surface area contributed by atoms with Gasteiger partial charge in [0.2, 0.25) is 5.91 Å². The van der Waals surface area contributed by atoms with Crippen LogP contribution in [-0.2, 0) is 20.9 Å². The molecule has 0 spiro atoms. The number of nitro groups is 1. The van der Waals surface area contributed by atoms with Crippen LogP contribution in [-0.4, -0.2) is 33.8 Å². The molecule has 0 radical (unpaired) electrons. The summed E-state index contributed by atoms with van der Waals surface area (Å²) in [6, 6.07) is 5.58. The fourth-order valence-electron chi connectivity index (χ4n) is 2.85. The van der Waals surface area contributed by atoms with Crippen molar-refractivity contribution in [3.8, 4) is 0 Å². The van der Waals surface area contributed by atoms with Crippen LogP contribution in [0.15, 0.2) is 24.3 Å². The number of hydrogen-bond acceptors (Lipinski definition) is 5. The summed E-state index contributed by atoms with van der Waals surface area (Å²) < 4.78 is 5.21. The highest BCUT2D eigenvalue weighted by molar-refractivity contribution is 5.90. The number of hydrogen-bond donors (Lipinski definition) is 0. The molecule has 2 aliphatic heterocycles. The summed E-state index contributed by atoms with van der Waals surface area (Å²) in [7, 11) is 0. The minimum Gasteiger partial charge on any atom is -0.459 e. The van der Waals surface area contributed by atoms with Gasteiger partial charge < -0.3 is 9.64 Å². The molecule has 2 aliphatic rings. The van der Waals surface area contributed by atoms with Crippen molar-refractivity contribution in [1.82, 2.24) is 4.90 Å². The van der Waals surface area contributed by atoms with E-state index < -0.39 is 16.9 Å². The van der Waals surface area contributed by atoms with Gasteiger partial charge in [0, 0.05) is 24.6 Å². The van der Waals surface area contributed by atoms with E-state index in [1.807, 2.05) is 0 Å². The van der Waals surface area contributed by atoms with Crippen LogP contribution in [0.4, 0.5) is 5.69 Å². The van der Waals surface area contributed by atoms with E-state index in [9.17, 15) is 19.7 Å². The fraction of sp³-hybridized carbons (Fsp3) is 0.429. The van der Waals surface area contributed by atoms with E-state index in [-0.39, 0.29) is 24.2 Å². The largest absolute Gasteiger partial charge is 0.459 e. The van der Waals surface area contributed by atoms with Gasteiger partial charge in [0.25, 0.3) is 5.69 Å². The molecule has 0 aliphatic carbocycles. The number of nitrogens with zero attached hydrogens (tertiary/aromatic N) is 2. The second-order valence-electron chi connectivity index (χ2n) is 5.28. The standard InChI is InChI=1S/C14H14N2O5/c17-13-7-11-5-6-12(15(11)13)14(18)21-8-9-1-3-10(4-2-9)16(19)20/h1-4,11-12H,5-8H2/t11-,12?/m1/s1. The van der Waals surface area contributed by atoms with Crippen molar-refractivity contribution in [3.63, 3.8) is 0 Å². The van der Waals surface area contributed by atoms with Gasteiger partial charge in [-0.15, -0.1) is 0 Å². The number of benzene rings is 1. The van der Waals surface area contributed by atoms with Crippen molar-refractivity contribution in [2.45, 2.75) is 38.0 Å². The highest BCUT2D eigenvalue weighted by Gasteiger charge is 2.48. The summed E-state index contributed by atoms with van der Waals surface area (Å²) in [5, 5.41) is 10.5. The first-order valence-corrected chi connectivity index (χ1v) is 6.77. The van der Waals surface area contributed by atoms with Gasteiger partial charge in [0.05, 0.1) is 4.92 Å². The van der Waals surface area contributed by atoms with E-state index in [2.05, 4.69) is 0 Å². The molecular weight excluding hydrogens is 276 g/mol. The van der Waals surface area contributed by atoms with Crippen LogP contribution in [0.25, 0.3) is 0 Å². The molecule has 1 unspecified atom stereocenters. The first-order chi connectivity index (χ1) is 10.1. The number of carbonyl (C=O) groups is 2. The third-order valence-electron chi connectivity index (χ3n) is 4.00. The lowest BCUT2D eigenvalue weighted by Crippen LogP contribution is -2.54. The summed E-state index contributed by atoms with van der Waals surface area (Å²) >= 11 is 0. The maximum Gasteiger partial charge on any atom is 0.329 e. The van der Waals surface area contributed by atoms with Gasteiger partial charge in [-0.05, 0) is 30.5 Å². The zero-order valence-corrected chi connectivity index (χ0v) is 11.2. The molecule has 1 aromatic rings. The molecule has 3 rings (SSSR count). The number of non-ortho nitro benzene ring substituents is 1. The number of fused-ring (bicyclic) bond motifs is 1. The lowest BCUT2D eigenvalue weighted by atomic mass is 10.0. The number of carbonyl (C=O) groups excluding carboxylic acids is 2. The molecule has 0 saturated carbocycles. The number of amides is 1. The van der Waals surface area contributed by atoms with Crippen molar-refractivity contribution >= 4 is 17.6 Å². The summed E-state index contributed by atoms with van der Waals surface area (Å²) in [6.45, 7) is 0.0556. The molecule has 2 fully saturated rings. The van der Waals surface area contributed by atoms with Gasteiger partial charge in [0.15, 0.2) is 0 Å². The molecule has 0 bridgehead atoms. The molecule has 2 atom stereocenters. The van der Waals surface area contributed by atoms with Crippen molar-refractivity contribution < 1.29 is 19.2 Å². The molecule has 2 heterocycles. The Morgan fingerprint density at radius 2 is 2.05 bits per heavy atom. The molecule has 7 heteroatoms. The van der Waals surface area contributed by atoms with Crippen LogP contribution in [0.2, 0.25) is 0 Å². The Bertz CT molecular complexity index is 598. The van der Waals surface area contributed by atoms with Crippen LogP contribution in [0.3, 0.4) is 0 Å². The van der Waals surface area contributed by atoms with Gasteiger partial charge in [-0.2, -0.15) is 0 Å². The molecule has 1 aromatic carbocycles. The molecule has 2 saturated heterocycles. The predicted molar refractivity (Wildman–Crippen MR) is 71.2 cm³/mol. The first kappa shape index (κ1) is 13.5. The predicted octanol–water partition coefficient (Wildman–Crippen LogP) is 1.40. The Labute approximate surface area is 120 Å². The smallest absolute Gasteiger partial charge is 0.329 e. The number of ether oxygens (including phenoxy) is 1.